The molecule has 0 radical (unpaired) electrons. The number of hydrogen-bond acceptors (Lipinski definition) is 4. The smallest absolute Gasteiger partial charge is 0.0944 e. The Morgan fingerprint density at radius 2 is 2.28 bits per heavy atom. The van der Waals surface area contributed by atoms with Crippen molar-refractivity contribution in [1.29, 1.82) is 0 Å². The molecule has 0 saturated carbocycles. The molecule has 0 spiro atoms. The lowest BCUT2D eigenvalue weighted by molar-refractivity contribution is 0.535. The van der Waals surface area contributed by atoms with Crippen molar-refractivity contribution in [2.24, 2.45) is 0 Å². The number of hydrogen-bond donors (Lipinski definition) is 1. The Morgan fingerprint density at radius 3 is 2.83 bits per heavy atom. The zero-order chi connectivity index (χ0) is 13.0. The summed E-state index contributed by atoms with van der Waals surface area (Å²) in [6.07, 6.45) is 3.97. The van der Waals surface area contributed by atoms with Gasteiger partial charge in [0.15, 0.2) is 0 Å². The molecule has 0 aromatic carbocycles. The van der Waals surface area contributed by atoms with Gasteiger partial charge in [-0.3, -0.25) is 0 Å². The number of thiophene rings is 1. The second kappa shape index (κ2) is 7.14. The van der Waals surface area contributed by atoms with Crippen molar-refractivity contribution < 1.29 is 0 Å². The fraction of sp³-hybridized carbons (Fsp3) is 0.417. The van der Waals surface area contributed by atoms with Crippen molar-refractivity contribution in [3.05, 3.63) is 35.8 Å². The van der Waals surface area contributed by atoms with E-state index in [-0.39, 0.29) is 0 Å². The maximum Gasteiger partial charge on any atom is 0.0944 e. The fourth-order valence-corrected chi connectivity index (χ4v) is 4.48. The van der Waals surface area contributed by atoms with Crippen LogP contribution in [0.25, 0.3) is 0 Å². The lowest BCUT2D eigenvalue weighted by atomic mass is 10.1. The van der Waals surface area contributed by atoms with Crippen LogP contribution in [0.5, 0.6) is 0 Å². The Labute approximate surface area is 132 Å². The highest BCUT2D eigenvalue weighted by Crippen LogP contribution is 2.36. The second-order valence-corrected chi connectivity index (χ2v) is 8.14. The second-order valence-electron chi connectivity index (χ2n) is 3.91. The molecular formula is C12H14Br2N2S2. The van der Waals surface area contributed by atoms with Gasteiger partial charge in [0.25, 0.3) is 0 Å². The van der Waals surface area contributed by atoms with Crippen LogP contribution in [0.1, 0.15) is 29.3 Å². The first kappa shape index (κ1) is 14.7. The van der Waals surface area contributed by atoms with Crippen molar-refractivity contribution in [3.63, 3.8) is 0 Å². The number of thiazole rings is 1. The first-order valence-electron chi connectivity index (χ1n) is 5.77. The number of nitrogens with zero attached hydrogens (tertiary/aromatic N) is 1. The van der Waals surface area contributed by atoms with Crippen molar-refractivity contribution in [1.82, 2.24) is 10.3 Å². The molecule has 0 amide bonds. The molecule has 0 aliphatic rings. The van der Waals surface area contributed by atoms with Crippen LogP contribution in [0.15, 0.2) is 25.9 Å². The van der Waals surface area contributed by atoms with Gasteiger partial charge in [-0.25, -0.2) is 4.98 Å². The van der Waals surface area contributed by atoms with E-state index in [1.165, 1.54) is 9.88 Å². The normalized spacial score (nSPS) is 12.8. The summed E-state index contributed by atoms with van der Waals surface area (Å²) in [5, 5.41) is 6.82. The predicted molar refractivity (Wildman–Crippen MR) is 86.6 cm³/mol. The molecule has 6 heteroatoms. The van der Waals surface area contributed by atoms with Gasteiger partial charge in [-0.05, 0) is 50.9 Å². The standard InChI is InChI=1S/C12H14Br2N2S2/c1-2-3-15-9(7-11-16-4-5-17-11)10-6-8(13)12(14)18-10/h4-6,9,15H,2-3,7H2,1H3. The fourth-order valence-electron chi connectivity index (χ4n) is 1.66. The summed E-state index contributed by atoms with van der Waals surface area (Å²) in [5.74, 6) is 0. The van der Waals surface area contributed by atoms with Crippen LogP contribution in [0.4, 0.5) is 0 Å². The van der Waals surface area contributed by atoms with Gasteiger partial charge in [-0.2, -0.15) is 0 Å². The summed E-state index contributed by atoms with van der Waals surface area (Å²) in [7, 11) is 0. The highest BCUT2D eigenvalue weighted by Gasteiger charge is 2.16. The van der Waals surface area contributed by atoms with E-state index in [1.54, 1.807) is 22.7 Å². The molecule has 0 fully saturated rings. The lowest BCUT2D eigenvalue weighted by Gasteiger charge is -2.15. The Hall–Kier alpha value is 0.250. The minimum atomic E-state index is 0.351. The molecule has 2 rings (SSSR count). The summed E-state index contributed by atoms with van der Waals surface area (Å²) in [4.78, 5) is 5.72. The average Bonchev–Trinajstić information content (AvgIpc) is 2.96. The highest BCUT2D eigenvalue weighted by atomic mass is 79.9. The van der Waals surface area contributed by atoms with Crippen LogP contribution in [-0.2, 0) is 6.42 Å². The van der Waals surface area contributed by atoms with E-state index in [2.05, 4.69) is 55.2 Å². The molecule has 18 heavy (non-hydrogen) atoms. The van der Waals surface area contributed by atoms with Crippen LogP contribution in [0.3, 0.4) is 0 Å². The molecule has 1 N–H and O–H groups in total. The first-order chi connectivity index (χ1) is 8.70. The van der Waals surface area contributed by atoms with Crippen molar-refractivity contribution in [3.8, 4) is 0 Å². The van der Waals surface area contributed by atoms with Crippen LogP contribution in [0, 0.1) is 0 Å². The van der Waals surface area contributed by atoms with Gasteiger partial charge in [-0.1, -0.05) is 6.92 Å². The molecule has 0 aliphatic heterocycles. The number of halogens is 2. The molecule has 1 atom stereocenters. The van der Waals surface area contributed by atoms with Crippen molar-refractivity contribution >= 4 is 54.5 Å². The zero-order valence-corrected chi connectivity index (χ0v) is 14.8. The SMILES string of the molecule is CCCNC(Cc1nccs1)c1cc(Br)c(Br)s1. The summed E-state index contributed by atoms with van der Waals surface area (Å²) in [6, 6.07) is 2.54. The summed E-state index contributed by atoms with van der Waals surface area (Å²) in [6.45, 7) is 3.22. The first-order valence-corrected chi connectivity index (χ1v) is 9.05. The highest BCUT2D eigenvalue weighted by molar-refractivity contribution is 9.13. The minimum Gasteiger partial charge on any atom is -0.309 e. The molecule has 98 valence electrons. The van der Waals surface area contributed by atoms with Gasteiger partial charge in [0.1, 0.15) is 0 Å². The topological polar surface area (TPSA) is 24.9 Å². The lowest BCUT2D eigenvalue weighted by Crippen LogP contribution is -2.23. The third kappa shape index (κ3) is 3.87. The van der Waals surface area contributed by atoms with Crippen molar-refractivity contribution in [2.75, 3.05) is 6.54 Å². The van der Waals surface area contributed by atoms with E-state index in [0.717, 1.165) is 27.6 Å². The van der Waals surface area contributed by atoms with E-state index in [0.29, 0.717) is 6.04 Å². The maximum absolute atomic E-state index is 4.38. The zero-order valence-electron chi connectivity index (χ0n) is 9.95. The monoisotopic (exact) mass is 408 g/mol. The predicted octanol–water partition coefficient (Wildman–Crippen LogP) is 5.01. The van der Waals surface area contributed by atoms with Gasteiger partial charge in [0, 0.05) is 33.4 Å². The summed E-state index contributed by atoms with van der Waals surface area (Å²) < 4.78 is 2.28. The Bertz CT molecular complexity index is 463. The molecular weight excluding hydrogens is 396 g/mol. The average molecular weight is 410 g/mol. The summed E-state index contributed by atoms with van der Waals surface area (Å²) >= 11 is 10.6. The quantitative estimate of drug-likeness (QED) is 0.724. The van der Waals surface area contributed by atoms with Gasteiger partial charge in [0.05, 0.1) is 8.79 Å². The van der Waals surface area contributed by atoms with Crippen LogP contribution < -0.4 is 5.32 Å². The Balaban J connectivity index is 2.13. The largest absolute Gasteiger partial charge is 0.309 e. The van der Waals surface area contributed by atoms with Crippen molar-refractivity contribution in [2.45, 2.75) is 25.8 Å². The van der Waals surface area contributed by atoms with Gasteiger partial charge in [0.2, 0.25) is 0 Å². The third-order valence-electron chi connectivity index (χ3n) is 2.51. The minimum absolute atomic E-state index is 0.351. The van der Waals surface area contributed by atoms with E-state index >= 15 is 0 Å². The van der Waals surface area contributed by atoms with Crippen LogP contribution in [0.2, 0.25) is 0 Å². The van der Waals surface area contributed by atoms with E-state index < -0.39 is 0 Å². The Kier molecular flexibility index (Phi) is 5.82. The van der Waals surface area contributed by atoms with Gasteiger partial charge < -0.3 is 5.32 Å². The van der Waals surface area contributed by atoms with E-state index in [9.17, 15) is 0 Å². The Morgan fingerprint density at radius 1 is 1.44 bits per heavy atom. The summed E-state index contributed by atoms with van der Waals surface area (Å²) in [5.41, 5.74) is 0. The molecule has 0 saturated heterocycles. The molecule has 0 bridgehead atoms. The molecule has 2 aromatic rings. The molecule has 2 aromatic heterocycles. The molecule has 1 unspecified atom stereocenters. The third-order valence-corrected chi connectivity index (χ3v) is 6.68. The number of rotatable bonds is 6. The van der Waals surface area contributed by atoms with Gasteiger partial charge in [-0.15, -0.1) is 22.7 Å². The van der Waals surface area contributed by atoms with Crippen LogP contribution >= 0.6 is 54.5 Å². The number of aromatic nitrogens is 1. The van der Waals surface area contributed by atoms with E-state index in [1.807, 2.05) is 11.6 Å². The molecule has 2 heterocycles. The number of nitrogens with one attached hydrogen (secondary N) is 1. The van der Waals surface area contributed by atoms with Gasteiger partial charge >= 0.3 is 0 Å². The molecule has 0 aliphatic carbocycles. The van der Waals surface area contributed by atoms with E-state index in [4.69, 9.17) is 0 Å². The van der Waals surface area contributed by atoms with Crippen LogP contribution in [-0.4, -0.2) is 11.5 Å². The maximum atomic E-state index is 4.38. The molecule has 2 nitrogen and oxygen atoms in total.